The van der Waals surface area contributed by atoms with Gasteiger partial charge in [0.2, 0.25) is 0 Å². The number of carbonyl (C=O) groups excluding carboxylic acids is 1. The van der Waals surface area contributed by atoms with E-state index in [4.69, 9.17) is 14.2 Å². The van der Waals surface area contributed by atoms with Gasteiger partial charge in [-0.2, -0.15) is 0 Å². The Morgan fingerprint density at radius 1 is 1.12 bits per heavy atom. The maximum atomic E-state index is 12.8. The second-order valence-corrected chi connectivity index (χ2v) is 6.41. The van der Waals surface area contributed by atoms with Crippen LogP contribution in [0.4, 0.5) is 0 Å². The van der Waals surface area contributed by atoms with E-state index in [0.717, 1.165) is 47.8 Å². The van der Waals surface area contributed by atoms with Crippen molar-refractivity contribution in [2.75, 3.05) is 27.4 Å². The third-order valence-corrected chi connectivity index (χ3v) is 4.82. The van der Waals surface area contributed by atoms with Crippen molar-refractivity contribution in [1.82, 2.24) is 4.90 Å². The summed E-state index contributed by atoms with van der Waals surface area (Å²) < 4.78 is 16.5. The number of para-hydroxylation sites is 1. The molecule has 5 heteroatoms. The summed E-state index contributed by atoms with van der Waals surface area (Å²) in [5.41, 5.74) is 2.03. The van der Waals surface area contributed by atoms with E-state index in [9.17, 15) is 4.79 Å². The van der Waals surface area contributed by atoms with E-state index in [-0.39, 0.29) is 18.6 Å². The lowest BCUT2D eigenvalue weighted by Gasteiger charge is -2.26. The molecule has 1 atom stereocenters. The van der Waals surface area contributed by atoms with E-state index in [1.807, 2.05) is 54.3 Å². The molecule has 1 aliphatic heterocycles. The van der Waals surface area contributed by atoms with Crippen LogP contribution in [0.1, 0.15) is 30.0 Å². The smallest absolute Gasteiger partial charge is 0.261 e. The maximum absolute atomic E-state index is 12.8. The summed E-state index contributed by atoms with van der Waals surface area (Å²) in [5, 5.41) is 0. The molecule has 0 saturated carbocycles. The number of carbonyl (C=O) groups is 1. The molecule has 2 aromatic carbocycles. The predicted molar refractivity (Wildman–Crippen MR) is 99.9 cm³/mol. The van der Waals surface area contributed by atoms with E-state index in [1.54, 1.807) is 14.2 Å². The SMILES string of the molecule is COc1ccc(C2CCCN2C(=O)COc2ccccc2C)c(OC)c1. The molecule has 0 bridgehead atoms. The minimum Gasteiger partial charge on any atom is -0.497 e. The molecule has 26 heavy (non-hydrogen) atoms. The number of ether oxygens (including phenoxy) is 3. The Kier molecular flexibility index (Phi) is 5.66. The Balaban J connectivity index is 1.73. The molecule has 1 saturated heterocycles. The molecule has 1 amide bonds. The van der Waals surface area contributed by atoms with Gasteiger partial charge in [0.1, 0.15) is 17.2 Å². The molecule has 138 valence electrons. The molecule has 1 fully saturated rings. The molecule has 2 aromatic rings. The van der Waals surface area contributed by atoms with Crippen LogP contribution in [0.25, 0.3) is 0 Å². The van der Waals surface area contributed by atoms with Gasteiger partial charge in [-0.05, 0) is 43.5 Å². The van der Waals surface area contributed by atoms with Gasteiger partial charge in [-0.3, -0.25) is 4.79 Å². The summed E-state index contributed by atoms with van der Waals surface area (Å²) in [6.07, 6.45) is 1.88. The van der Waals surface area contributed by atoms with Gasteiger partial charge in [0.15, 0.2) is 6.61 Å². The summed E-state index contributed by atoms with van der Waals surface area (Å²) in [6.45, 7) is 2.75. The van der Waals surface area contributed by atoms with Crippen molar-refractivity contribution in [2.45, 2.75) is 25.8 Å². The molecule has 0 N–H and O–H groups in total. The van der Waals surface area contributed by atoms with Gasteiger partial charge in [-0.15, -0.1) is 0 Å². The summed E-state index contributed by atoms with van der Waals surface area (Å²) in [6, 6.07) is 13.5. The zero-order chi connectivity index (χ0) is 18.5. The van der Waals surface area contributed by atoms with Crippen molar-refractivity contribution in [2.24, 2.45) is 0 Å². The topological polar surface area (TPSA) is 48.0 Å². The summed E-state index contributed by atoms with van der Waals surface area (Å²) in [7, 11) is 3.27. The fourth-order valence-electron chi connectivity index (χ4n) is 3.42. The lowest BCUT2D eigenvalue weighted by atomic mass is 10.0. The molecule has 0 aromatic heterocycles. The third kappa shape index (κ3) is 3.77. The standard InChI is InChI=1S/C21H25NO4/c1-15-7-4-5-9-19(15)26-14-21(23)22-12-6-8-18(22)17-11-10-16(24-2)13-20(17)25-3/h4-5,7,9-11,13,18H,6,8,12,14H2,1-3H3. The number of likely N-dealkylation sites (tertiary alicyclic amines) is 1. The Morgan fingerprint density at radius 2 is 1.92 bits per heavy atom. The number of hydrogen-bond acceptors (Lipinski definition) is 4. The highest BCUT2D eigenvalue weighted by Gasteiger charge is 2.32. The highest BCUT2D eigenvalue weighted by atomic mass is 16.5. The lowest BCUT2D eigenvalue weighted by Crippen LogP contribution is -2.34. The van der Waals surface area contributed by atoms with E-state index in [0.29, 0.717) is 0 Å². The van der Waals surface area contributed by atoms with Crippen molar-refractivity contribution in [1.29, 1.82) is 0 Å². The Bertz CT molecular complexity index is 774. The number of rotatable bonds is 6. The zero-order valence-corrected chi connectivity index (χ0v) is 15.5. The molecule has 1 heterocycles. The van der Waals surface area contributed by atoms with Gasteiger partial charge in [0.25, 0.3) is 5.91 Å². The Labute approximate surface area is 154 Å². The van der Waals surface area contributed by atoms with Crippen LogP contribution < -0.4 is 14.2 Å². The van der Waals surface area contributed by atoms with E-state index < -0.39 is 0 Å². The van der Waals surface area contributed by atoms with Crippen LogP contribution in [0.3, 0.4) is 0 Å². The highest BCUT2D eigenvalue weighted by molar-refractivity contribution is 5.78. The summed E-state index contributed by atoms with van der Waals surface area (Å²) in [5.74, 6) is 2.23. The first kappa shape index (κ1) is 18.1. The molecule has 0 spiro atoms. The minimum absolute atomic E-state index is 0.00354. The normalized spacial score (nSPS) is 16.4. The van der Waals surface area contributed by atoms with Crippen molar-refractivity contribution >= 4 is 5.91 Å². The first-order valence-electron chi connectivity index (χ1n) is 8.84. The zero-order valence-electron chi connectivity index (χ0n) is 15.5. The molecule has 3 rings (SSSR count). The average molecular weight is 355 g/mol. The second kappa shape index (κ2) is 8.13. The predicted octanol–water partition coefficient (Wildman–Crippen LogP) is 3.75. The van der Waals surface area contributed by atoms with Crippen LogP contribution in [0.5, 0.6) is 17.2 Å². The molecule has 0 radical (unpaired) electrons. The first-order chi connectivity index (χ1) is 12.6. The van der Waals surface area contributed by atoms with Crippen LogP contribution >= 0.6 is 0 Å². The first-order valence-corrected chi connectivity index (χ1v) is 8.84. The van der Waals surface area contributed by atoms with E-state index in [2.05, 4.69) is 0 Å². The van der Waals surface area contributed by atoms with Crippen molar-refractivity contribution < 1.29 is 19.0 Å². The minimum atomic E-state index is -0.00590. The van der Waals surface area contributed by atoms with Gasteiger partial charge in [0.05, 0.1) is 20.3 Å². The van der Waals surface area contributed by atoms with Crippen molar-refractivity contribution in [3.8, 4) is 17.2 Å². The number of hydrogen-bond donors (Lipinski definition) is 0. The van der Waals surface area contributed by atoms with Crippen LogP contribution in [-0.2, 0) is 4.79 Å². The number of nitrogens with zero attached hydrogens (tertiary/aromatic N) is 1. The van der Waals surface area contributed by atoms with Gasteiger partial charge < -0.3 is 19.1 Å². The van der Waals surface area contributed by atoms with Gasteiger partial charge in [-0.25, -0.2) is 0 Å². The highest BCUT2D eigenvalue weighted by Crippen LogP contribution is 2.38. The van der Waals surface area contributed by atoms with Crippen LogP contribution in [-0.4, -0.2) is 38.2 Å². The summed E-state index contributed by atoms with van der Waals surface area (Å²) >= 11 is 0. The number of amides is 1. The van der Waals surface area contributed by atoms with E-state index in [1.165, 1.54) is 0 Å². The molecule has 1 aliphatic rings. The maximum Gasteiger partial charge on any atom is 0.261 e. The second-order valence-electron chi connectivity index (χ2n) is 6.41. The Morgan fingerprint density at radius 3 is 2.65 bits per heavy atom. The van der Waals surface area contributed by atoms with Crippen LogP contribution in [0.15, 0.2) is 42.5 Å². The van der Waals surface area contributed by atoms with E-state index >= 15 is 0 Å². The number of benzene rings is 2. The van der Waals surface area contributed by atoms with Gasteiger partial charge in [0, 0.05) is 18.2 Å². The monoisotopic (exact) mass is 355 g/mol. The largest absolute Gasteiger partial charge is 0.497 e. The summed E-state index contributed by atoms with van der Waals surface area (Å²) in [4.78, 5) is 14.7. The fourth-order valence-corrected chi connectivity index (χ4v) is 3.42. The fraction of sp³-hybridized carbons (Fsp3) is 0.381. The quantitative estimate of drug-likeness (QED) is 0.792. The average Bonchev–Trinajstić information content (AvgIpc) is 3.16. The molecular weight excluding hydrogens is 330 g/mol. The molecule has 5 nitrogen and oxygen atoms in total. The Hall–Kier alpha value is -2.69. The van der Waals surface area contributed by atoms with Crippen LogP contribution in [0, 0.1) is 6.92 Å². The van der Waals surface area contributed by atoms with Gasteiger partial charge >= 0.3 is 0 Å². The molecular formula is C21H25NO4. The van der Waals surface area contributed by atoms with Gasteiger partial charge in [-0.1, -0.05) is 18.2 Å². The number of methoxy groups -OCH3 is 2. The third-order valence-electron chi connectivity index (χ3n) is 4.82. The molecule has 1 unspecified atom stereocenters. The lowest BCUT2D eigenvalue weighted by molar-refractivity contribution is -0.134. The number of aryl methyl sites for hydroxylation is 1. The van der Waals surface area contributed by atoms with Crippen molar-refractivity contribution in [3.05, 3.63) is 53.6 Å². The molecule has 0 aliphatic carbocycles. The van der Waals surface area contributed by atoms with Crippen LogP contribution in [0.2, 0.25) is 0 Å². The van der Waals surface area contributed by atoms with Crippen molar-refractivity contribution in [3.63, 3.8) is 0 Å².